The van der Waals surface area contributed by atoms with Gasteiger partial charge in [-0.05, 0) is 64.3 Å². The zero-order chi connectivity index (χ0) is 21.8. The number of hydrazone groups is 1. The maximum atomic E-state index is 12.3. The second-order valence-corrected chi connectivity index (χ2v) is 9.24. The summed E-state index contributed by atoms with van der Waals surface area (Å²) < 4.78 is 30.8. The Morgan fingerprint density at radius 3 is 2.66 bits per heavy atom. The summed E-state index contributed by atoms with van der Waals surface area (Å²) in [6, 6.07) is 7.80. The van der Waals surface area contributed by atoms with Crippen LogP contribution >= 0.6 is 27.5 Å². The molecule has 0 bridgehead atoms. The number of benzene rings is 2. The Bertz CT molecular complexity index is 1060. The van der Waals surface area contributed by atoms with Crippen LogP contribution in [0, 0.1) is 6.92 Å². The SMILES string of the molecule is COc1cc(/C=N\NC(=O)CN(c2ccc(Cl)cc2C)S(C)(=O)=O)cc(Br)c1O. The fourth-order valence-corrected chi connectivity index (χ4v) is 4.05. The Balaban J connectivity index is 2.15. The fourth-order valence-electron chi connectivity index (χ4n) is 2.45. The smallest absolute Gasteiger partial charge is 0.260 e. The van der Waals surface area contributed by atoms with Crippen LogP contribution in [0.1, 0.15) is 11.1 Å². The third-order valence-corrected chi connectivity index (χ3v) is 5.75. The van der Waals surface area contributed by atoms with Crippen LogP contribution in [0.25, 0.3) is 0 Å². The number of aryl methyl sites for hydroxylation is 1. The summed E-state index contributed by atoms with van der Waals surface area (Å²) in [5.74, 6) is -0.463. The van der Waals surface area contributed by atoms with E-state index in [0.29, 0.717) is 26.3 Å². The number of amides is 1. The van der Waals surface area contributed by atoms with Gasteiger partial charge in [0.2, 0.25) is 10.0 Å². The molecule has 0 aliphatic rings. The molecule has 29 heavy (non-hydrogen) atoms. The van der Waals surface area contributed by atoms with Crippen LogP contribution in [0.2, 0.25) is 5.02 Å². The lowest BCUT2D eigenvalue weighted by atomic mass is 10.2. The van der Waals surface area contributed by atoms with Crippen molar-refractivity contribution in [2.24, 2.45) is 5.10 Å². The van der Waals surface area contributed by atoms with E-state index in [1.165, 1.54) is 25.5 Å². The summed E-state index contributed by atoms with van der Waals surface area (Å²) in [5, 5.41) is 14.1. The van der Waals surface area contributed by atoms with Gasteiger partial charge >= 0.3 is 0 Å². The number of anilines is 1. The molecule has 0 aliphatic carbocycles. The number of phenolic OH excluding ortho intramolecular Hbond substituents is 1. The van der Waals surface area contributed by atoms with Gasteiger partial charge in [-0.25, -0.2) is 13.8 Å². The molecule has 0 atom stereocenters. The average molecular weight is 505 g/mol. The summed E-state index contributed by atoms with van der Waals surface area (Å²) >= 11 is 9.11. The highest BCUT2D eigenvalue weighted by Crippen LogP contribution is 2.34. The molecule has 0 radical (unpaired) electrons. The number of nitrogens with one attached hydrogen (secondary N) is 1. The number of halogens is 2. The van der Waals surface area contributed by atoms with E-state index in [1.54, 1.807) is 25.1 Å². The average Bonchev–Trinajstić information content (AvgIpc) is 2.62. The van der Waals surface area contributed by atoms with Crippen LogP contribution in [-0.2, 0) is 14.8 Å². The second kappa shape index (κ2) is 9.47. The van der Waals surface area contributed by atoms with E-state index in [9.17, 15) is 18.3 Å². The molecule has 0 heterocycles. The normalized spacial score (nSPS) is 11.5. The number of phenols is 1. The molecule has 8 nitrogen and oxygen atoms in total. The molecule has 156 valence electrons. The van der Waals surface area contributed by atoms with E-state index in [2.05, 4.69) is 26.5 Å². The van der Waals surface area contributed by atoms with Gasteiger partial charge in [0.25, 0.3) is 5.91 Å². The Hall–Kier alpha value is -2.30. The first-order chi connectivity index (χ1) is 13.5. The number of nitrogens with zero attached hydrogens (tertiary/aromatic N) is 2. The lowest BCUT2D eigenvalue weighted by molar-refractivity contribution is -0.119. The lowest BCUT2D eigenvalue weighted by Gasteiger charge is -2.23. The van der Waals surface area contributed by atoms with Crippen LogP contribution in [0.3, 0.4) is 0 Å². The molecule has 0 aromatic heterocycles. The van der Waals surface area contributed by atoms with E-state index >= 15 is 0 Å². The number of carbonyl (C=O) groups is 1. The molecular weight excluding hydrogens is 486 g/mol. The van der Waals surface area contributed by atoms with Crippen molar-refractivity contribution in [2.45, 2.75) is 6.92 Å². The first-order valence-electron chi connectivity index (χ1n) is 8.15. The van der Waals surface area contributed by atoms with Gasteiger partial charge < -0.3 is 9.84 Å². The van der Waals surface area contributed by atoms with Gasteiger partial charge in [0.1, 0.15) is 6.54 Å². The van der Waals surface area contributed by atoms with Crippen molar-refractivity contribution in [2.75, 3.05) is 24.2 Å². The quantitative estimate of drug-likeness (QED) is 0.445. The van der Waals surface area contributed by atoms with Crippen LogP contribution < -0.4 is 14.5 Å². The van der Waals surface area contributed by atoms with Gasteiger partial charge in [0, 0.05) is 5.02 Å². The molecule has 0 spiro atoms. The first-order valence-corrected chi connectivity index (χ1v) is 11.2. The van der Waals surface area contributed by atoms with Crippen LogP contribution in [-0.4, -0.2) is 45.6 Å². The largest absolute Gasteiger partial charge is 0.503 e. The number of aromatic hydroxyl groups is 1. The second-order valence-electron chi connectivity index (χ2n) is 6.05. The molecule has 0 aliphatic heterocycles. The van der Waals surface area contributed by atoms with Gasteiger partial charge in [-0.3, -0.25) is 9.10 Å². The molecule has 11 heteroatoms. The van der Waals surface area contributed by atoms with Gasteiger partial charge in [-0.1, -0.05) is 11.6 Å². The van der Waals surface area contributed by atoms with Crippen molar-refractivity contribution in [3.05, 3.63) is 51.0 Å². The Kier molecular flexibility index (Phi) is 7.50. The third-order valence-electron chi connectivity index (χ3n) is 3.79. The molecule has 2 aromatic carbocycles. The van der Waals surface area contributed by atoms with Crippen molar-refractivity contribution in [1.29, 1.82) is 0 Å². The van der Waals surface area contributed by atoms with Gasteiger partial charge in [0.15, 0.2) is 11.5 Å². The summed E-state index contributed by atoms with van der Waals surface area (Å²) in [5.41, 5.74) is 3.79. The number of methoxy groups -OCH3 is 1. The Labute approximate surface area is 182 Å². The highest BCUT2D eigenvalue weighted by Gasteiger charge is 2.22. The minimum absolute atomic E-state index is 0.0594. The Morgan fingerprint density at radius 1 is 1.38 bits per heavy atom. The van der Waals surface area contributed by atoms with Crippen molar-refractivity contribution in [3.8, 4) is 11.5 Å². The number of hydrogen-bond acceptors (Lipinski definition) is 6. The molecular formula is C18H19BrClN3O5S. The minimum Gasteiger partial charge on any atom is -0.503 e. The van der Waals surface area contributed by atoms with E-state index in [4.69, 9.17) is 16.3 Å². The van der Waals surface area contributed by atoms with Crippen molar-refractivity contribution in [1.82, 2.24) is 5.43 Å². The highest BCUT2D eigenvalue weighted by molar-refractivity contribution is 9.10. The molecule has 2 rings (SSSR count). The molecule has 1 amide bonds. The summed E-state index contributed by atoms with van der Waals surface area (Å²) in [4.78, 5) is 12.3. The monoisotopic (exact) mass is 503 g/mol. The van der Waals surface area contributed by atoms with Crippen molar-refractivity contribution in [3.63, 3.8) is 0 Å². The van der Waals surface area contributed by atoms with E-state index < -0.39 is 22.5 Å². The predicted molar refractivity (Wildman–Crippen MR) is 116 cm³/mol. The molecule has 0 unspecified atom stereocenters. The third kappa shape index (κ3) is 6.09. The van der Waals surface area contributed by atoms with Gasteiger partial charge in [-0.2, -0.15) is 5.10 Å². The number of rotatable bonds is 7. The van der Waals surface area contributed by atoms with Crippen LogP contribution in [0.5, 0.6) is 11.5 Å². The molecule has 2 N–H and O–H groups in total. The van der Waals surface area contributed by atoms with Crippen LogP contribution in [0.4, 0.5) is 5.69 Å². The van der Waals surface area contributed by atoms with Gasteiger partial charge in [-0.15, -0.1) is 0 Å². The standard InChI is InChI=1S/C18H19BrClN3O5S/c1-11-6-13(20)4-5-15(11)23(29(3,26)27)10-17(24)22-21-9-12-7-14(19)18(25)16(8-12)28-2/h4-9,25H,10H2,1-3H3,(H,22,24)/b21-9-. The molecule has 0 saturated carbocycles. The number of ether oxygens (including phenoxy) is 1. The maximum absolute atomic E-state index is 12.3. The van der Waals surface area contributed by atoms with E-state index in [1.807, 2.05) is 0 Å². The fraction of sp³-hybridized carbons (Fsp3) is 0.222. The Morgan fingerprint density at radius 2 is 2.07 bits per heavy atom. The summed E-state index contributed by atoms with van der Waals surface area (Å²) in [6.45, 7) is 1.24. The van der Waals surface area contributed by atoms with Gasteiger partial charge in [0.05, 0.1) is 29.7 Å². The molecule has 0 fully saturated rings. The van der Waals surface area contributed by atoms with Crippen LogP contribution in [0.15, 0.2) is 39.9 Å². The lowest BCUT2D eigenvalue weighted by Crippen LogP contribution is -2.39. The number of carbonyl (C=O) groups excluding carboxylic acids is 1. The zero-order valence-corrected chi connectivity index (χ0v) is 19.0. The molecule has 2 aromatic rings. The van der Waals surface area contributed by atoms with E-state index in [0.717, 1.165) is 10.6 Å². The zero-order valence-electron chi connectivity index (χ0n) is 15.8. The minimum atomic E-state index is -3.72. The number of sulfonamides is 1. The first kappa shape index (κ1) is 23.0. The maximum Gasteiger partial charge on any atom is 0.260 e. The predicted octanol–water partition coefficient (Wildman–Crippen LogP) is 3.04. The summed E-state index contributed by atoms with van der Waals surface area (Å²) in [7, 11) is -2.31. The van der Waals surface area contributed by atoms with Crippen molar-refractivity contribution < 1.29 is 23.1 Å². The highest BCUT2D eigenvalue weighted by atomic mass is 79.9. The van der Waals surface area contributed by atoms with Crippen molar-refractivity contribution >= 4 is 55.4 Å². The van der Waals surface area contributed by atoms with E-state index in [-0.39, 0.29) is 11.5 Å². The summed E-state index contributed by atoms with van der Waals surface area (Å²) in [6.07, 6.45) is 2.35. The molecule has 0 saturated heterocycles. The number of hydrogen-bond donors (Lipinski definition) is 2. The topological polar surface area (TPSA) is 108 Å².